The highest BCUT2D eigenvalue weighted by Crippen LogP contribution is 2.28. The first-order valence-corrected chi connectivity index (χ1v) is 7.92. The number of methoxy groups -OCH3 is 1. The number of nitrogens with zero attached hydrogens (tertiary/aromatic N) is 1. The second-order valence-corrected chi connectivity index (χ2v) is 7.11. The Labute approximate surface area is 121 Å². The lowest BCUT2D eigenvalue weighted by Crippen LogP contribution is -2.50. The highest BCUT2D eigenvalue weighted by Gasteiger charge is 2.34. The minimum absolute atomic E-state index is 0.00790. The van der Waals surface area contributed by atoms with Crippen molar-refractivity contribution in [3.63, 3.8) is 0 Å². The Morgan fingerprint density at radius 2 is 1.89 bits per heavy atom. The fourth-order valence-corrected chi connectivity index (χ4v) is 3.42. The van der Waals surface area contributed by atoms with Gasteiger partial charge in [0.25, 0.3) is 0 Å². The molecule has 19 heavy (non-hydrogen) atoms. The third-order valence-corrected chi connectivity index (χ3v) is 4.87. The molecular weight excluding hydrogens is 256 g/mol. The van der Waals surface area contributed by atoms with Crippen molar-refractivity contribution in [2.75, 3.05) is 7.11 Å². The molecule has 0 saturated heterocycles. The summed E-state index contributed by atoms with van der Waals surface area (Å²) < 4.78 is 5.70. The summed E-state index contributed by atoms with van der Waals surface area (Å²) in [6.07, 6.45) is 2.65. The van der Waals surface area contributed by atoms with Gasteiger partial charge in [-0.2, -0.15) is 0 Å². The van der Waals surface area contributed by atoms with Gasteiger partial charge in [-0.1, -0.05) is 34.6 Å². The van der Waals surface area contributed by atoms with Crippen LogP contribution in [0.5, 0.6) is 0 Å². The Bertz CT molecular complexity index is 383. The molecule has 0 aliphatic carbocycles. The molecule has 1 atom stereocenters. The van der Waals surface area contributed by atoms with Crippen LogP contribution >= 0.6 is 11.3 Å². The molecule has 1 aromatic rings. The van der Waals surface area contributed by atoms with Crippen LogP contribution in [0.25, 0.3) is 0 Å². The van der Waals surface area contributed by atoms with Gasteiger partial charge in [0.05, 0.1) is 16.3 Å². The Morgan fingerprint density at radius 1 is 1.32 bits per heavy atom. The van der Waals surface area contributed by atoms with E-state index >= 15 is 0 Å². The number of aromatic nitrogens is 1. The van der Waals surface area contributed by atoms with Gasteiger partial charge in [-0.05, 0) is 12.8 Å². The summed E-state index contributed by atoms with van der Waals surface area (Å²) in [6.45, 7) is 10.8. The molecule has 2 N–H and O–H groups in total. The molecule has 4 heteroatoms. The molecule has 0 aromatic carbocycles. The van der Waals surface area contributed by atoms with Crippen molar-refractivity contribution in [1.29, 1.82) is 0 Å². The SMILES string of the molecule is CCC(CC)(OC)C(N)Cc1nc(C(C)(C)C)cs1. The number of hydrogen-bond acceptors (Lipinski definition) is 4. The molecular formula is C15H28N2OS. The zero-order valence-corrected chi connectivity index (χ0v) is 13.9. The molecule has 1 rings (SSSR count). The molecule has 1 unspecified atom stereocenters. The normalized spacial score (nSPS) is 14.7. The number of thiazole rings is 1. The number of rotatable bonds is 6. The van der Waals surface area contributed by atoms with Crippen molar-refractivity contribution < 1.29 is 4.74 Å². The highest BCUT2D eigenvalue weighted by atomic mass is 32.1. The average Bonchev–Trinajstić information content (AvgIpc) is 2.80. The second kappa shape index (κ2) is 6.33. The molecule has 0 saturated carbocycles. The van der Waals surface area contributed by atoms with Crippen molar-refractivity contribution in [2.45, 2.75) is 70.9 Å². The highest BCUT2D eigenvalue weighted by molar-refractivity contribution is 7.09. The Morgan fingerprint density at radius 3 is 2.26 bits per heavy atom. The monoisotopic (exact) mass is 284 g/mol. The molecule has 110 valence electrons. The zero-order valence-electron chi connectivity index (χ0n) is 13.1. The van der Waals surface area contributed by atoms with Crippen LogP contribution in [0.4, 0.5) is 0 Å². The number of ether oxygens (including phenoxy) is 1. The first kappa shape index (κ1) is 16.6. The summed E-state index contributed by atoms with van der Waals surface area (Å²) >= 11 is 1.71. The standard InChI is InChI=1S/C15H28N2OS/c1-7-15(8-2,18-6)11(16)9-13-17-12(10-19-13)14(3,4)5/h10-11H,7-9,16H2,1-6H3. The lowest BCUT2D eigenvalue weighted by molar-refractivity contribution is -0.0374. The van der Waals surface area contributed by atoms with Crippen LogP contribution in [-0.2, 0) is 16.6 Å². The fraction of sp³-hybridized carbons (Fsp3) is 0.800. The van der Waals surface area contributed by atoms with Crippen LogP contribution in [0.15, 0.2) is 5.38 Å². The Kier molecular flexibility index (Phi) is 5.53. The van der Waals surface area contributed by atoms with E-state index in [-0.39, 0.29) is 17.1 Å². The maximum absolute atomic E-state index is 6.38. The van der Waals surface area contributed by atoms with E-state index in [1.54, 1.807) is 18.4 Å². The van der Waals surface area contributed by atoms with Crippen molar-refractivity contribution in [3.8, 4) is 0 Å². The van der Waals surface area contributed by atoms with Gasteiger partial charge >= 0.3 is 0 Å². The van der Waals surface area contributed by atoms with Gasteiger partial charge in [-0.25, -0.2) is 4.98 Å². The van der Waals surface area contributed by atoms with E-state index in [1.165, 1.54) is 0 Å². The van der Waals surface area contributed by atoms with Crippen molar-refractivity contribution in [3.05, 3.63) is 16.1 Å². The van der Waals surface area contributed by atoms with Crippen LogP contribution in [0.1, 0.15) is 58.2 Å². The van der Waals surface area contributed by atoms with Crippen LogP contribution < -0.4 is 5.73 Å². The maximum Gasteiger partial charge on any atom is 0.0945 e. The molecule has 1 heterocycles. The molecule has 0 spiro atoms. The first-order chi connectivity index (χ1) is 8.79. The summed E-state index contributed by atoms with van der Waals surface area (Å²) in [6, 6.07) is -0.00790. The second-order valence-electron chi connectivity index (χ2n) is 6.16. The van der Waals surface area contributed by atoms with Gasteiger partial charge in [-0.15, -0.1) is 11.3 Å². The van der Waals surface area contributed by atoms with Gasteiger partial charge in [0.2, 0.25) is 0 Å². The van der Waals surface area contributed by atoms with Crippen LogP contribution in [0.2, 0.25) is 0 Å². The minimum atomic E-state index is -0.229. The van der Waals surface area contributed by atoms with Crippen molar-refractivity contribution in [2.24, 2.45) is 5.73 Å². The Balaban J connectivity index is 2.82. The van der Waals surface area contributed by atoms with Gasteiger partial charge in [0.15, 0.2) is 0 Å². The topological polar surface area (TPSA) is 48.1 Å². The van der Waals surface area contributed by atoms with Crippen LogP contribution in [0, 0.1) is 0 Å². The van der Waals surface area contributed by atoms with E-state index in [2.05, 4.69) is 40.0 Å². The molecule has 0 bridgehead atoms. The van der Waals surface area contributed by atoms with Crippen LogP contribution in [0.3, 0.4) is 0 Å². The summed E-state index contributed by atoms with van der Waals surface area (Å²) in [7, 11) is 1.76. The first-order valence-electron chi connectivity index (χ1n) is 7.04. The summed E-state index contributed by atoms with van der Waals surface area (Å²) in [4.78, 5) is 4.72. The minimum Gasteiger partial charge on any atom is -0.377 e. The lowest BCUT2D eigenvalue weighted by Gasteiger charge is -2.35. The van der Waals surface area contributed by atoms with E-state index < -0.39 is 0 Å². The van der Waals surface area contributed by atoms with Gasteiger partial charge in [-0.3, -0.25) is 0 Å². The summed E-state index contributed by atoms with van der Waals surface area (Å²) in [5.74, 6) is 0. The van der Waals surface area contributed by atoms with E-state index in [4.69, 9.17) is 15.5 Å². The number of nitrogens with two attached hydrogens (primary N) is 1. The molecule has 1 aromatic heterocycles. The third kappa shape index (κ3) is 3.77. The molecule has 0 aliphatic heterocycles. The third-order valence-electron chi connectivity index (χ3n) is 3.99. The van der Waals surface area contributed by atoms with Gasteiger partial charge < -0.3 is 10.5 Å². The Hall–Kier alpha value is -0.450. The van der Waals surface area contributed by atoms with Crippen molar-refractivity contribution in [1.82, 2.24) is 4.98 Å². The molecule has 0 radical (unpaired) electrons. The van der Waals surface area contributed by atoms with E-state index in [9.17, 15) is 0 Å². The zero-order chi connectivity index (χ0) is 14.7. The van der Waals surface area contributed by atoms with E-state index in [0.717, 1.165) is 30.0 Å². The van der Waals surface area contributed by atoms with Crippen molar-refractivity contribution >= 4 is 11.3 Å². The predicted octanol–water partition coefficient (Wildman–Crippen LogP) is 3.52. The molecule has 3 nitrogen and oxygen atoms in total. The van der Waals surface area contributed by atoms with Gasteiger partial charge in [0.1, 0.15) is 0 Å². The molecule has 0 amide bonds. The molecule has 0 fully saturated rings. The summed E-state index contributed by atoms with van der Waals surface area (Å²) in [5.41, 5.74) is 7.40. The molecule has 0 aliphatic rings. The number of hydrogen-bond donors (Lipinski definition) is 1. The summed E-state index contributed by atoms with van der Waals surface area (Å²) in [5, 5.41) is 3.26. The lowest BCUT2D eigenvalue weighted by atomic mass is 9.87. The maximum atomic E-state index is 6.38. The fourth-order valence-electron chi connectivity index (χ4n) is 2.34. The van der Waals surface area contributed by atoms with E-state index in [0.29, 0.717) is 0 Å². The quantitative estimate of drug-likeness (QED) is 0.869. The average molecular weight is 284 g/mol. The van der Waals surface area contributed by atoms with Gasteiger partial charge in [0, 0.05) is 30.4 Å². The largest absolute Gasteiger partial charge is 0.377 e. The van der Waals surface area contributed by atoms with E-state index in [1.807, 2.05) is 0 Å². The van der Waals surface area contributed by atoms with Crippen LogP contribution in [-0.4, -0.2) is 23.7 Å². The smallest absolute Gasteiger partial charge is 0.0945 e. The predicted molar refractivity (Wildman–Crippen MR) is 82.8 cm³/mol.